The van der Waals surface area contributed by atoms with E-state index in [0.717, 1.165) is 0 Å². The van der Waals surface area contributed by atoms with E-state index in [-0.39, 0.29) is 34.5 Å². The number of carbonyl (C=O) groups is 2. The molecule has 2 aromatic carbocycles. The van der Waals surface area contributed by atoms with E-state index >= 15 is 0 Å². The number of para-hydroxylation sites is 1. The smallest absolute Gasteiger partial charge is 0.335 e. The topological polar surface area (TPSA) is 127 Å². The molecule has 0 aliphatic heterocycles. The number of hydrogen-bond donors (Lipinski definition) is 2. The van der Waals surface area contributed by atoms with Gasteiger partial charge in [0.2, 0.25) is 11.2 Å². The summed E-state index contributed by atoms with van der Waals surface area (Å²) in [5.41, 5.74) is 0.387. The lowest BCUT2D eigenvalue weighted by molar-refractivity contribution is -0.141. The van der Waals surface area contributed by atoms with Crippen LogP contribution in [0.2, 0.25) is 0 Å². The number of ether oxygens (including phenoxy) is 1. The maximum absolute atomic E-state index is 12.6. The van der Waals surface area contributed by atoms with Gasteiger partial charge in [-0.15, -0.1) is 0 Å². The largest absolute Gasteiger partial charge is 0.502 e. The van der Waals surface area contributed by atoms with E-state index in [2.05, 4.69) is 0 Å². The summed E-state index contributed by atoms with van der Waals surface area (Å²) >= 11 is 0. The minimum absolute atomic E-state index is 0.110. The summed E-state index contributed by atoms with van der Waals surface area (Å²) in [5, 5.41) is 19.8. The van der Waals surface area contributed by atoms with Gasteiger partial charge in [-0.2, -0.15) is 0 Å². The van der Waals surface area contributed by atoms with Crippen molar-refractivity contribution in [3.05, 3.63) is 88.0 Å². The highest BCUT2D eigenvalue weighted by Crippen LogP contribution is 2.37. The molecular formula is C24H18O8. The molecule has 8 heteroatoms. The van der Waals surface area contributed by atoms with Crippen LogP contribution in [-0.4, -0.2) is 29.3 Å². The standard InChI is InChI=1S/C24H18O8/c1-30-20(25)12-16(23-22(27)21(26)15-4-2-3-5-18(15)32-23)19-11-10-17(31-19)13-6-8-14(9-7-13)24(28)29/h2-11,16,27H,12H2,1H3,(H,28,29)/t16-/m0/s1. The average molecular weight is 434 g/mol. The van der Waals surface area contributed by atoms with Gasteiger partial charge in [0.25, 0.3) is 0 Å². The number of carboxylic acids is 1. The molecule has 0 unspecified atom stereocenters. The zero-order chi connectivity index (χ0) is 22.8. The van der Waals surface area contributed by atoms with Crippen LogP contribution in [0.4, 0.5) is 0 Å². The van der Waals surface area contributed by atoms with Crippen LogP contribution in [0.3, 0.4) is 0 Å². The lowest BCUT2D eigenvalue weighted by atomic mass is 9.97. The molecule has 0 saturated heterocycles. The third kappa shape index (κ3) is 3.85. The molecular weight excluding hydrogens is 416 g/mol. The van der Waals surface area contributed by atoms with Crippen molar-refractivity contribution in [1.82, 2.24) is 0 Å². The second kappa shape index (κ2) is 8.43. The van der Waals surface area contributed by atoms with Gasteiger partial charge < -0.3 is 23.8 Å². The Kier molecular flexibility index (Phi) is 5.51. The fraction of sp³-hybridized carbons (Fsp3) is 0.125. The molecule has 2 aromatic heterocycles. The highest BCUT2D eigenvalue weighted by Gasteiger charge is 2.29. The Morgan fingerprint density at radius 2 is 1.72 bits per heavy atom. The first-order chi connectivity index (χ1) is 15.4. The molecule has 0 saturated carbocycles. The summed E-state index contributed by atoms with van der Waals surface area (Å²) in [6.45, 7) is 0. The minimum atomic E-state index is -1.04. The quantitative estimate of drug-likeness (QED) is 0.433. The Morgan fingerprint density at radius 3 is 2.41 bits per heavy atom. The van der Waals surface area contributed by atoms with Gasteiger partial charge in [0, 0.05) is 5.56 Å². The fourth-order valence-electron chi connectivity index (χ4n) is 3.43. The van der Waals surface area contributed by atoms with Crippen LogP contribution in [0.1, 0.15) is 34.2 Å². The number of fused-ring (bicyclic) bond motifs is 1. The molecule has 32 heavy (non-hydrogen) atoms. The summed E-state index contributed by atoms with van der Waals surface area (Å²) in [4.78, 5) is 35.8. The van der Waals surface area contributed by atoms with Gasteiger partial charge in [0.1, 0.15) is 17.1 Å². The van der Waals surface area contributed by atoms with E-state index in [1.807, 2.05) is 0 Å². The molecule has 0 spiro atoms. The van der Waals surface area contributed by atoms with Gasteiger partial charge >= 0.3 is 11.9 Å². The molecule has 0 fully saturated rings. The first kappa shape index (κ1) is 20.9. The summed E-state index contributed by atoms with van der Waals surface area (Å²) < 4.78 is 16.5. The molecule has 4 rings (SSSR count). The Bertz CT molecular complexity index is 1360. The Labute approximate surface area is 181 Å². The summed E-state index contributed by atoms with van der Waals surface area (Å²) in [6, 6.07) is 15.8. The number of rotatable bonds is 6. The normalized spacial score (nSPS) is 11.9. The molecule has 2 heterocycles. The van der Waals surface area contributed by atoms with Crippen molar-refractivity contribution in [3.8, 4) is 17.1 Å². The van der Waals surface area contributed by atoms with Crippen molar-refractivity contribution >= 4 is 22.9 Å². The van der Waals surface area contributed by atoms with Crippen LogP contribution < -0.4 is 5.43 Å². The van der Waals surface area contributed by atoms with Crippen molar-refractivity contribution in [1.29, 1.82) is 0 Å². The summed E-state index contributed by atoms with van der Waals surface area (Å²) in [7, 11) is 1.23. The molecule has 2 N–H and O–H groups in total. The number of furan rings is 1. The van der Waals surface area contributed by atoms with Gasteiger partial charge in [0.15, 0.2) is 5.76 Å². The second-order valence-electron chi connectivity index (χ2n) is 7.06. The van der Waals surface area contributed by atoms with Gasteiger partial charge in [-0.05, 0) is 36.4 Å². The number of benzene rings is 2. The first-order valence-electron chi connectivity index (χ1n) is 9.64. The van der Waals surface area contributed by atoms with E-state index in [1.54, 1.807) is 42.5 Å². The van der Waals surface area contributed by atoms with Gasteiger partial charge in [-0.1, -0.05) is 24.3 Å². The molecule has 1 atom stereocenters. The molecule has 4 aromatic rings. The third-order valence-corrected chi connectivity index (χ3v) is 5.10. The summed E-state index contributed by atoms with van der Waals surface area (Å²) in [5.74, 6) is -2.60. The van der Waals surface area contributed by atoms with Crippen LogP contribution in [0.5, 0.6) is 5.75 Å². The highest BCUT2D eigenvalue weighted by atomic mass is 16.5. The van der Waals surface area contributed by atoms with Gasteiger partial charge in [0.05, 0.1) is 30.4 Å². The maximum Gasteiger partial charge on any atom is 0.335 e. The van der Waals surface area contributed by atoms with Crippen LogP contribution in [0.15, 0.2) is 74.3 Å². The van der Waals surface area contributed by atoms with E-state index in [1.165, 1.54) is 25.3 Å². The molecule has 8 nitrogen and oxygen atoms in total. The average Bonchev–Trinajstić information content (AvgIpc) is 3.30. The van der Waals surface area contributed by atoms with E-state index in [9.17, 15) is 19.5 Å². The van der Waals surface area contributed by atoms with Crippen molar-refractivity contribution < 1.29 is 33.4 Å². The van der Waals surface area contributed by atoms with Crippen molar-refractivity contribution in [3.63, 3.8) is 0 Å². The van der Waals surface area contributed by atoms with Crippen LogP contribution in [0, 0.1) is 0 Å². The zero-order valence-electron chi connectivity index (χ0n) is 16.9. The van der Waals surface area contributed by atoms with Crippen LogP contribution >= 0.6 is 0 Å². The minimum Gasteiger partial charge on any atom is -0.502 e. The number of methoxy groups -OCH3 is 1. The van der Waals surface area contributed by atoms with Crippen LogP contribution in [-0.2, 0) is 9.53 Å². The lowest BCUT2D eigenvalue weighted by Crippen LogP contribution is -2.13. The van der Waals surface area contributed by atoms with Crippen molar-refractivity contribution in [2.75, 3.05) is 7.11 Å². The lowest BCUT2D eigenvalue weighted by Gasteiger charge is -2.14. The number of hydrogen-bond acceptors (Lipinski definition) is 7. The van der Waals surface area contributed by atoms with E-state index in [4.69, 9.17) is 18.7 Å². The monoisotopic (exact) mass is 434 g/mol. The van der Waals surface area contributed by atoms with Gasteiger partial charge in [-0.3, -0.25) is 9.59 Å². The Morgan fingerprint density at radius 1 is 1.00 bits per heavy atom. The van der Waals surface area contributed by atoms with E-state index < -0.39 is 29.0 Å². The molecule has 0 aliphatic rings. The number of aromatic carboxylic acids is 1. The molecule has 0 bridgehead atoms. The Hall–Kier alpha value is -4.33. The number of esters is 1. The Balaban J connectivity index is 1.79. The van der Waals surface area contributed by atoms with Crippen LogP contribution in [0.25, 0.3) is 22.3 Å². The number of carboxylic acid groups (broad SMARTS) is 1. The predicted molar refractivity (Wildman–Crippen MR) is 114 cm³/mol. The maximum atomic E-state index is 12.6. The molecule has 0 radical (unpaired) electrons. The SMILES string of the molecule is COC(=O)C[C@@H](c1ccc(-c2ccc(C(=O)O)cc2)o1)c1oc2ccccc2c(=O)c1O. The predicted octanol–water partition coefficient (Wildman–Crippen LogP) is 4.15. The number of carbonyl (C=O) groups excluding carboxylic acids is 1. The summed E-state index contributed by atoms with van der Waals surface area (Å²) in [6.07, 6.45) is -0.240. The molecule has 162 valence electrons. The number of aromatic hydroxyl groups is 1. The van der Waals surface area contributed by atoms with Gasteiger partial charge in [-0.25, -0.2) is 4.79 Å². The molecule has 0 amide bonds. The third-order valence-electron chi connectivity index (χ3n) is 5.10. The molecule has 0 aliphatic carbocycles. The highest BCUT2D eigenvalue weighted by molar-refractivity contribution is 5.88. The fourth-order valence-corrected chi connectivity index (χ4v) is 3.43. The zero-order valence-corrected chi connectivity index (χ0v) is 16.9. The van der Waals surface area contributed by atoms with E-state index in [0.29, 0.717) is 11.3 Å². The van der Waals surface area contributed by atoms with Crippen molar-refractivity contribution in [2.24, 2.45) is 0 Å². The van der Waals surface area contributed by atoms with Crippen molar-refractivity contribution in [2.45, 2.75) is 12.3 Å². The second-order valence-corrected chi connectivity index (χ2v) is 7.06. The first-order valence-corrected chi connectivity index (χ1v) is 9.64.